The number of carbonyl (C=O) groups is 1. The van der Waals surface area contributed by atoms with Gasteiger partial charge in [-0.1, -0.05) is 0 Å². The number of aldehydes is 1. The van der Waals surface area contributed by atoms with E-state index in [1.165, 1.54) is 0 Å². The molecule has 0 atom stereocenters. The van der Waals surface area contributed by atoms with Gasteiger partial charge >= 0.3 is 0 Å². The molecule has 0 bridgehead atoms. The summed E-state index contributed by atoms with van der Waals surface area (Å²) in [5.41, 5.74) is 1.64. The zero-order valence-corrected chi connectivity index (χ0v) is 8.50. The molecule has 2 aromatic heterocycles. The van der Waals surface area contributed by atoms with Gasteiger partial charge in [0.2, 0.25) is 0 Å². The Bertz CT molecular complexity index is 457. The first-order valence-corrected chi connectivity index (χ1v) is 4.73. The van der Waals surface area contributed by atoms with Crippen LogP contribution in [0.1, 0.15) is 16.2 Å². The van der Waals surface area contributed by atoms with Crippen molar-refractivity contribution in [2.45, 2.75) is 13.0 Å². The third kappa shape index (κ3) is 2.12. The number of aromatic nitrogens is 4. The summed E-state index contributed by atoms with van der Waals surface area (Å²) in [5, 5.41) is 4.09. The van der Waals surface area contributed by atoms with Gasteiger partial charge in [-0.15, -0.1) is 0 Å². The minimum absolute atomic E-state index is 0.472. The molecule has 2 heterocycles. The van der Waals surface area contributed by atoms with Gasteiger partial charge in [0, 0.05) is 38.1 Å². The third-order valence-electron chi connectivity index (χ3n) is 2.32. The van der Waals surface area contributed by atoms with Gasteiger partial charge in [0.05, 0.1) is 6.33 Å². The van der Waals surface area contributed by atoms with Crippen LogP contribution < -0.4 is 0 Å². The average Bonchev–Trinajstić information content (AvgIpc) is 2.84. The Morgan fingerprint density at radius 1 is 1.53 bits per heavy atom. The zero-order valence-electron chi connectivity index (χ0n) is 8.50. The summed E-state index contributed by atoms with van der Waals surface area (Å²) >= 11 is 0. The van der Waals surface area contributed by atoms with Gasteiger partial charge in [-0.25, -0.2) is 4.98 Å². The lowest BCUT2D eigenvalue weighted by atomic mass is 10.3. The first-order valence-electron chi connectivity index (χ1n) is 4.73. The maximum Gasteiger partial charge on any atom is 0.169 e. The summed E-state index contributed by atoms with van der Waals surface area (Å²) < 4.78 is 3.74. The van der Waals surface area contributed by atoms with Crippen LogP contribution in [0.3, 0.4) is 0 Å². The largest absolute Gasteiger partial charge is 0.336 e. The molecular formula is C10H12N4O. The molecule has 5 nitrogen and oxygen atoms in total. The van der Waals surface area contributed by atoms with Crippen LogP contribution in [0.2, 0.25) is 0 Å². The Kier molecular flexibility index (Phi) is 2.62. The summed E-state index contributed by atoms with van der Waals surface area (Å²) in [6.45, 7) is 0.806. The molecule has 0 amide bonds. The molecule has 0 N–H and O–H groups in total. The smallest absolute Gasteiger partial charge is 0.169 e. The van der Waals surface area contributed by atoms with E-state index in [0.717, 1.165) is 24.9 Å². The number of carbonyl (C=O) groups excluding carboxylic acids is 1. The van der Waals surface area contributed by atoms with Crippen molar-refractivity contribution in [1.29, 1.82) is 0 Å². The lowest BCUT2D eigenvalue weighted by Gasteiger charge is -2.02. The highest BCUT2D eigenvalue weighted by Crippen LogP contribution is 2.01. The van der Waals surface area contributed by atoms with E-state index in [2.05, 4.69) is 10.1 Å². The van der Waals surface area contributed by atoms with Crippen molar-refractivity contribution >= 4 is 6.29 Å². The highest BCUT2D eigenvalue weighted by atomic mass is 16.1. The quantitative estimate of drug-likeness (QED) is 0.688. The van der Waals surface area contributed by atoms with Crippen molar-refractivity contribution in [2.75, 3.05) is 0 Å². The molecule has 2 rings (SSSR count). The van der Waals surface area contributed by atoms with Crippen molar-refractivity contribution in [1.82, 2.24) is 19.3 Å². The Morgan fingerprint density at radius 2 is 2.40 bits per heavy atom. The van der Waals surface area contributed by atoms with Crippen LogP contribution in [0.25, 0.3) is 0 Å². The van der Waals surface area contributed by atoms with E-state index in [1.807, 2.05) is 22.4 Å². The monoisotopic (exact) mass is 204 g/mol. The summed E-state index contributed by atoms with van der Waals surface area (Å²) in [5.74, 6) is 0. The van der Waals surface area contributed by atoms with Crippen LogP contribution >= 0.6 is 0 Å². The normalized spacial score (nSPS) is 10.5. The van der Waals surface area contributed by atoms with Crippen molar-refractivity contribution in [3.05, 3.63) is 36.2 Å². The number of imidazole rings is 1. The fraction of sp³-hybridized carbons (Fsp3) is 0.300. The molecule has 0 saturated heterocycles. The molecule has 0 fully saturated rings. The molecule has 2 aromatic rings. The van der Waals surface area contributed by atoms with E-state index in [1.54, 1.807) is 18.7 Å². The number of hydrogen-bond donors (Lipinski definition) is 0. The van der Waals surface area contributed by atoms with E-state index in [-0.39, 0.29) is 0 Å². The van der Waals surface area contributed by atoms with Gasteiger partial charge in [0.15, 0.2) is 6.29 Å². The Hall–Kier alpha value is -1.91. The fourth-order valence-electron chi connectivity index (χ4n) is 1.45. The third-order valence-corrected chi connectivity index (χ3v) is 2.32. The van der Waals surface area contributed by atoms with Crippen LogP contribution in [0.15, 0.2) is 24.8 Å². The first-order chi connectivity index (χ1) is 7.29. The number of rotatable bonds is 4. The second-order valence-corrected chi connectivity index (χ2v) is 3.35. The first kappa shape index (κ1) is 9.64. The summed E-state index contributed by atoms with van der Waals surface area (Å²) in [6.07, 6.45) is 6.81. The van der Waals surface area contributed by atoms with E-state index in [0.29, 0.717) is 5.69 Å². The SMILES string of the molecule is Cn1nccc1CCn1cnc(C=O)c1. The molecule has 0 aliphatic rings. The Balaban J connectivity index is 1.99. The molecule has 5 heteroatoms. The second kappa shape index (κ2) is 4.08. The minimum atomic E-state index is 0.472. The van der Waals surface area contributed by atoms with Crippen LogP contribution in [-0.4, -0.2) is 25.6 Å². The lowest BCUT2D eigenvalue weighted by Crippen LogP contribution is -2.03. The predicted octanol–water partition coefficient (Wildman–Crippen LogP) is 0.672. The van der Waals surface area contributed by atoms with Crippen molar-refractivity contribution in [3.8, 4) is 0 Å². The van der Waals surface area contributed by atoms with Crippen LogP contribution in [0, 0.1) is 0 Å². The topological polar surface area (TPSA) is 52.7 Å². The molecule has 78 valence electrons. The van der Waals surface area contributed by atoms with Crippen LogP contribution in [0.4, 0.5) is 0 Å². The number of nitrogens with zero attached hydrogens (tertiary/aromatic N) is 4. The van der Waals surface area contributed by atoms with Crippen molar-refractivity contribution in [3.63, 3.8) is 0 Å². The van der Waals surface area contributed by atoms with Crippen molar-refractivity contribution in [2.24, 2.45) is 7.05 Å². The predicted molar refractivity (Wildman–Crippen MR) is 54.5 cm³/mol. The Morgan fingerprint density at radius 3 is 3.00 bits per heavy atom. The van der Waals surface area contributed by atoms with Gasteiger partial charge in [0.1, 0.15) is 5.69 Å². The summed E-state index contributed by atoms with van der Waals surface area (Å²) in [4.78, 5) is 14.3. The molecular weight excluding hydrogens is 192 g/mol. The summed E-state index contributed by atoms with van der Waals surface area (Å²) in [6, 6.07) is 1.98. The second-order valence-electron chi connectivity index (χ2n) is 3.35. The standard InChI is InChI=1S/C10H12N4O/c1-13-10(2-4-12-13)3-5-14-6-9(7-15)11-8-14/h2,4,6-8H,3,5H2,1H3. The molecule has 0 spiro atoms. The maximum absolute atomic E-state index is 10.4. The number of hydrogen-bond acceptors (Lipinski definition) is 3. The molecule has 0 aromatic carbocycles. The highest BCUT2D eigenvalue weighted by molar-refractivity contribution is 5.70. The number of aryl methyl sites for hydroxylation is 3. The van der Waals surface area contributed by atoms with Gasteiger partial charge in [-0.05, 0) is 6.07 Å². The van der Waals surface area contributed by atoms with Gasteiger partial charge < -0.3 is 4.57 Å². The Labute approximate surface area is 87.4 Å². The van der Waals surface area contributed by atoms with Crippen LogP contribution in [-0.2, 0) is 20.0 Å². The molecule has 0 aliphatic heterocycles. The highest BCUT2D eigenvalue weighted by Gasteiger charge is 2.00. The molecule has 0 unspecified atom stereocenters. The zero-order chi connectivity index (χ0) is 10.7. The molecule has 0 radical (unpaired) electrons. The fourth-order valence-corrected chi connectivity index (χ4v) is 1.45. The average molecular weight is 204 g/mol. The van der Waals surface area contributed by atoms with E-state index in [9.17, 15) is 4.79 Å². The van der Waals surface area contributed by atoms with Gasteiger partial charge in [-0.2, -0.15) is 5.10 Å². The summed E-state index contributed by atoms with van der Waals surface area (Å²) in [7, 11) is 1.92. The van der Waals surface area contributed by atoms with Gasteiger partial charge in [-0.3, -0.25) is 9.48 Å². The lowest BCUT2D eigenvalue weighted by molar-refractivity contribution is 0.111. The van der Waals surface area contributed by atoms with E-state index >= 15 is 0 Å². The van der Waals surface area contributed by atoms with E-state index in [4.69, 9.17) is 0 Å². The van der Waals surface area contributed by atoms with Gasteiger partial charge in [0.25, 0.3) is 0 Å². The van der Waals surface area contributed by atoms with E-state index < -0.39 is 0 Å². The molecule has 15 heavy (non-hydrogen) atoms. The van der Waals surface area contributed by atoms with Crippen molar-refractivity contribution < 1.29 is 4.79 Å². The molecule has 0 aliphatic carbocycles. The van der Waals surface area contributed by atoms with Crippen LogP contribution in [0.5, 0.6) is 0 Å². The molecule has 0 saturated carbocycles. The maximum atomic E-state index is 10.4. The minimum Gasteiger partial charge on any atom is -0.336 e.